The van der Waals surface area contributed by atoms with E-state index in [2.05, 4.69) is 10.1 Å². The summed E-state index contributed by atoms with van der Waals surface area (Å²) in [6.45, 7) is 2.66. The Hall–Kier alpha value is -3.85. The Morgan fingerprint density at radius 3 is 2.29 bits per heavy atom. The van der Waals surface area contributed by atoms with Gasteiger partial charge in [-0.2, -0.15) is 9.50 Å². The van der Waals surface area contributed by atoms with E-state index in [0.29, 0.717) is 44.9 Å². The van der Waals surface area contributed by atoms with Crippen molar-refractivity contribution < 1.29 is 18.9 Å². The summed E-state index contributed by atoms with van der Waals surface area (Å²) in [5.74, 6) is 3.03. The molecule has 0 amide bonds. The minimum atomic E-state index is -0.219. The Labute approximate surface area is 200 Å². The van der Waals surface area contributed by atoms with Gasteiger partial charge in [-0.15, -0.1) is 5.10 Å². The molecule has 4 rings (SSSR count). The van der Waals surface area contributed by atoms with Crippen molar-refractivity contribution in [1.29, 1.82) is 0 Å². The normalized spacial score (nSPS) is 11.9. The highest BCUT2D eigenvalue weighted by Gasteiger charge is 2.10. The summed E-state index contributed by atoms with van der Waals surface area (Å²) in [6.07, 6.45) is 6.32. The fourth-order valence-electron chi connectivity index (χ4n) is 3.30. The Balaban J connectivity index is 1.60. The van der Waals surface area contributed by atoms with Gasteiger partial charge in [0.15, 0.2) is 28.8 Å². The second kappa shape index (κ2) is 10.4. The lowest BCUT2D eigenvalue weighted by Crippen LogP contribution is -2.23. The summed E-state index contributed by atoms with van der Waals surface area (Å²) in [7, 11) is 4.78. The van der Waals surface area contributed by atoms with Crippen molar-refractivity contribution >= 4 is 34.5 Å². The van der Waals surface area contributed by atoms with Crippen LogP contribution in [0.25, 0.3) is 23.2 Å². The number of benzene rings is 2. The molecule has 2 aromatic heterocycles. The first-order valence-electron chi connectivity index (χ1n) is 10.7. The summed E-state index contributed by atoms with van der Waals surface area (Å²) >= 11 is 1.28. The maximum atomic E-state index is 12.9. The second-order valence-corrected chi connectivity index (χ2v) is 8.30. The molecule has 0 saturated heterocycles. The number of rotatable bonds is 9. The largest absolute Gasteiger partial charge is 0.493 e. The van der Waals surface area contributed by atoms with Crippen LogP contribution in [0.4, 0.5) is 0 Å². The van der Waals surface area contributed by atoms with E-state index >= 15 is 0 Å². The molecule has 2 aromatic carbocycles. The van der Waals surface area contributed by atoms with E-state index in [4.69, 9.17) is 18.9 Å². The van der Waals surface area contributed by atoms with Gasteiger partial charge >= 0.3 is 0 Å². The highest BCUT2D eigenvalue weighted by molar-refractivity contribution is 7.15. The number of methoxy groups -OCH3 is 3. The first-order valence-corrected chi connectivity index (χ1v) is 11.5. The zero-order valence-corrected chi connectivity index (χ0v) is 20.2. The van der Waals surface area contributed by atoms with Crippen LogP contribution in [-0.4, -0.2) is 42.5 Å². The quantitative estimate of drug-likeness (QED) is 0.362. The predicted octanol–water partition coefficient (Wildman–Crippen LogP) is 3.68. The molecular formula is C25H25N3O5S. The molecule has 0 unspecified atom stereocenters. The van der Waals surface area contributed by atoms with E-state index in [9.17, 15) is 4.79 Å². The van der Waals surface area contributed by atoms with Crippen molar-refractivity contribution in [2.24, 2.45) is 0 Å². The fraction of sp³-hybridized carbons (Fsp3) is 0.240. The summed E-state index contributed by atoms with van der Waals surface area (Å²) in [4.78, 5) is 17.9. The second-order valence-electron chi connectivity index (χ2n) is 7.29. The SMILES string of the molecule is CCCOc1ccc(C=c2sc3nc(C=Cc4ccc(OC)c(OC)c4)nn3c2=O)cc1OC. The van der Waals surface area contributed by atoms with Crippen LogP contribution in [0.15, 0.2) is 41.2 Å². The fourth-order valence-corrected chi connectivity index (χ4v) is 4.22. The number of nitrogens with zero attached hydrogens (tertiary/aromatic N) is 3. The molecule has 0 aliphatic heterocycles. The molecule has 0 aliphatic carbocycles. The molecule has 0 saturated carbocycles. The summed E-state index contributed by atoms with van der Waals surface area (Å²) < 4.78 is 23.6. The van der Waals surface area contributed by atoms with Crippen LogP contribution < -0.4 is 29.0 Å². The highest BCUT2D eigenvalue weighted by atomic mass is 32.1. The monoisotopic (exact) mass is 479 g/mol. The highest BCUT2D eigenvalue weighted by Crippen LogP contribution is 2.29. The Morgan fingerprint density at radius 2 is 1.59 bits per heavy atom. The molecule has 2 heterocycles. The minimum absolute atomic E-state index is 0.219. The van der Waals surface area contributed by atoms with Crippen LogP contribution in [0, 0.1) is 0 Å². The molecule has 0 spiro atoms. The van der Waals surface area contributed by atoms with Gasteiger partial charge in [-0.3, -0.25) is 4.79 Å². The number of ether oxygens (including phenoxy) is 4. The lowest BCUT2D eigenvalue weighted by molar-refractivity contribution is 0.294. The lowest BCUT2D eigenvalue weighted by atomic mass is 10.2. The van der Waals surface area contributed by atoms with Gasteiger partial charge in [-0.1, -0.05) is 36.5 Å². The van der Waals surface area contributed by atoms with Crippen molar-refractivity contribution in [2.75, 3.05) is 27.9 Å². The third-order valence-electron chi connectivity index (χ3n) is 4.98. The third kappa shape index (κ3) is 4.89. The van der Waals surface area contributed by atoms with Crippen molar-refractivity contribution in [3.05, 3.63) is 68.2 Å². The maximum Gasteiger partial charge on any atom is 0.291 e. The van der Waals surface area contributed by atoms with Crippen LogP contribution in [-0.2, 0) is 0 Å². The maximum absolute atomic E-state index is 12.9. The van der Waals surface area contributed by atoms with Crippen LogP contribution >= 0.6 is 11.3 Å². The Kier molecular flexibility index (Phi) is 7.12. The van der Waals surface area contributed by atoms with Gasteiger partial charge in [-0.05, 0) is 54.0 Å². The van der Waals surface area contributed by atoms with E-state index in [1.54, 1.807) is 33.5 Å². The van der Waals surface area contributed by atoms with E-state index in [1.807, 2.05) is 49.4 Å². The number of hydrogen-bond donors (Lipinski definition) is 0. The molecule has 9 heteroatoms. The summed E-state index contributed by atoms with van der Waals surface area (Å²) in [6, 6.07) is 11.2. The summed E-state index contributed by atoms with van der Waals surface area (Å²) in [5, 5.41) is 4.34. The van der Waals surface area contributed by atoms with Gasteiger partial charge in [0.2, 0.25) is 4.96 Å². The zero-order chi connectivity index (χ0) is 24.1. The van der Waals surface area contributed by atoms with Crippen LogP contribution in [0.3, 0.4) is 0 Å². The molecule has 0 N–H and O–H groups in total. The van der Waals surface area contributed by atoms with Crippen molar-refractivity contribution in [3.8, 4) is 23.0 Å². The van der Waals surface area contributed by atoms with E-state index in [1.165, 1.54) is 15.9 Å². The first kappa shape index (κ1) is 23.3. The standard InChI is InChI=1S/C25H25N3O5S/c1-5-12-33-19-10-7-17(14-21(19)32-4)15-22-24(29)28-25(34-22)26-23(27-28)11-8-16-6-9-18(30-2)20(13-16)31-3/h6-11,13-15H,5,12H2,1-4H3. The number of thiazole rings is 1. The van der Waals surface area contributed by atoms with Gasteiger partial charge in [0.05, 0.1) is 32.5 Å². The Bertz CT molecular complexity index is 1440. The van der Waals surface area contributed by atoms with Crippen molar-refractivity contribution in [3.63, 3.8) is 0 Å². The average molecular weight is 480 g/mol. The molecule has 0 radical (unpaired) electrons. The summed E-state index contributed by atoms with van der Waals surface area (Å²) in [5.41, 5.74) is 1.51. The molecule has 0 aliphatic rings. The minimum Gasteiger partial charge on any atom is -0.493 e. The first-order chi connectivity index (χ1) is 16.6. The molecular weight excluding hydrogens is 454 g/mol. The number of hydrogen-bond acceptors (Lipinski definition) is 8. The number of fused-ring (bicyclic) bond motifs is 1. The van der Waals surface area contributed by atoms with Gasteiger partial charge in [0.1, 0.15) is 0 Å². The molecule has 0 bridgehead atoms. The lowest BCUT2D eigenvalue weighted by Gasteiger charge is -2.10. The molecule has 4 aromatic rings. The molecule has 0 fully saturated rings. The van der Waals surface area contributed by atoms with Crippen molar-refractivity contribution in [2.45, 2.75) is 13.3 Å². The number of aromatic nitrogens is 3. The predicted molar refractivity (Wildman–Crippen MR) is 133 cm³/mol. The third-order valence-corrected chi connectivity index (χ3v) is 5.94. The van der Waals surface area contributed by atoms with E-state index < -0.39 is 0 Å². The van der Waals surface area contributed by atoms with Gasteiger partial charge in [0, 0.05) is 0 Å². The van der Waals surface area contributed by atoms with Gasteiger partial charge in [0.25, 0.3) is 5.56 Å². The molecule has 176 valence electrons. The van der Waals surface area contributed by atoms with Crippen LogP contribution in [0.1, 0.15) is 30.3 Å². The van der Waals surface area contributed by atoms with E-state index in [0.717, 1.165) is 17.5 Å². The van der Waals surface area contributed by atoms with Gasteiger partial charge < -0.3 is 18.9 Å². The van der Waals surface area contributed by atoms with Crippen molar-refractivity contribution in [1.82, 2.24) is 14.6 Å². The average Bonchev–Trinajstić information content (AvgIpc) is 3.39. The zero-order valence-electron chi connectivity index (χ0n) is 19.4. The molecule has 0 atom stereocenters. The molecule has 8 nitrogen and oxygen atoms in total. The van der Waals surface area contributed by atoms with Crippen LogP contribution in [0.2, 0.25) is 0 Å². The van der Waals surface area contributed by atoms with E-state index in [-0.39, 0.29) is 5.56 Å². The molecule has 34 heavy (non-hydrogen) atoms. The topological polar surface area (TPSA) is 84.2 Å². The Morgan fingerprint density at radius 1 is 0.912 bits per heavy atom. The van der Waals surface area contributed by atoms with Gasteiger partial charge in [-0.25, -0.2) is 0 Å². The smallest absolute Gasteiger partial charge is 0.291 e. The van der Waals surface area contributed by atoms with Crippen LogP contribution in [0.5, 0.6) is 23.0 Å².